The molecular weight excluding hydrogens is 544 g/mol. The van der Waals surface area contributed by atoms with Crippen molar-refractivity contribution in [2.45, 2.75) is 16.7 Å². The normalized spacial score (nSPS) is 25.0. The van der Waals surface area contributed by atoms with Crippen molar-refractivity contribution in [2.24, 2.45) is 11.8 Å². The van der Waals surface area contributed by atoms with Crippen molar-refractivity contribution in [1.82, 2.24) is 9.21 Å². The number of carbonyl (C=O) groups excluding carboxylic acids is 3. The van der Waals surface area contributed by atoms with Crippen LogP contribution in [0.1, 0.15) is 44.4 Å². The molecule has 2 bridgehead atoms. The lowest BCUT2D eigenvalue weighted by Crippen LogP contribution is -2.41. The maximum Gasteiger partial charge on any atom is 0.338 e. The molecule has 3 aromatic carbocycles. The Morgan fingerprint density at radius 2 is 1.27 bits per heavy atom. The number of imide groups is 1. The van der Waals surface area contributed by atoms with Gasteiger partial charge >= 0.3 is 5.97 Å². The Kier molecular flexibility index (Phi) is 6.29. The monoisotopic (exact) mass is 572 g/mol. The Balaban J connectivity index is 1.04. The number of hydrogen-bond acceptors (Lipinski definition) is 7. The first kappa shape index (κ1) is 26.1. The zero-order valence-corrected chi connectivity index (χ0v) is 23.0. The number of nitrogens with zero attached hydrogens (tertiary/aromatic N) is 2. The van der Waals surface area contributed by atoms with Crippen molar-refractivity contribution in [2.75, 3.05) is 39.5 Å². The number of carbonyl (C=O) groups is 3. The molecule has 5 aliphatic rings. The molecule has 0 aromatic heterocycles. The number of ether oxygens (including phenoxy) is 2. The number of sulfonamides is 1. The van der Waals surface area contributed by atoms with Gasteiger partial charge < -0.3 is 9.47 Å². The molecule has 2 heterocycles. The van der Waals surface area contributed by atoms with Crippen LogP contribution < -0.4 is 0 Å². The number of hydrogen-bond donors (Lipinski definition) is 0. The molecule has 41 heavy (non-hydrogen) atoms. The highest BCUT2D eigenvalue weighted by Gasteiger charge is 2.61. The van der Waals surface area contributed by atoms with Gasteiger partial charge in [-0.25, -0.2) is 13.2 Å². The highest BCUT2D eigenvalue weighted by Crippen LogP contribution is 2.60. The van der Waals surface area contributed by atoms with E-state index in [1.165, 1.54) is 33.5 Å². The summed E-state index contributed by atoms with van der Waals surface area (Å²) < 4.78 is 37.7. The van der Waals surface area contributed by atoms with Gasteiger partial charge in [-0.15, -0.1) is 0 Å². The molecule has 0 N–H and O–H groups in total. The minimum absolute atomic E-state index is 0.0357. The van der Waals surface area contributed by atoms with Gasteiger partial charge in [-0.3, -0.25) is 14.5 Å². The number of morpholine rings is 1. The third-order valence-corrected chi connectivity index (χ3v) is 10.7. The molecule has 9 nitrogen and oxygen atoms in total. The van der Waals surface area contributed by atoms with Gasteiger partial charge in [0.1, 0.15) is 6.61 Å². The van der Waals surface area contributed by atoms with E-state index in [0.29, 0.717) is 13.2 Å². The fraction of sp³-hybridized carbons (Fsp3) is 0.323. The van der Waals surface area contributed by atoms with Crippen LogP contribution in [0, 0.1) is 11.8 Å². The molecule has 2 atom stereocenters. The fourth-order valence-electron chi connectivity index (χ4n) is 6.97. The molecule has 0 saturated carbocycles. The SMILES string of the molecule is O=C(OCCN1C(=O)[C@@H]2C3c4ccccc4C(c4ccccc43)[C@H]2C1=O)c1ccc(S(=O)(=O)N2CCOCC2)cc1. The van der Waals surface area contributed by atoms with Crippen molar-refractivity contribution in [1.29, 1.82) is 0 Å². The smallest absolute Gasteiger partial charge is 0.338 e. The summed E-state index contributed by atoms with van der Waals surface area (Å²) in [7, 11) is -3.68. The van der Waals surface area contributed by atoms with Crippen molar-refractivity contribution < 1.29 is 32.3 Å². The molecule has 210 valence electrons. The predicted octanol–water partition coefficient (Wildman–Crippen LogP) is 2.76. The molecule has 10 heteroatoms. The van der Waals surface area contributed by atoms with E-state index < -0.39 is 27.8 Å². The summed E-state index contributed by atoms with van der Waals surface area (Å²) >= 11 is 0. The van der Waals surface area contributed by atoms with Gasteiger partial charge in [0.05, 0.1) is 42.1 Å². The average molecular weight is 573 g/mol. The second-order valence-electron chi connectivity index (χ2n) is 10.8. The van der Waals surface area contributed by atoms with E-state index in [2.05, 4.69) is 24.3 Å². The Morgan fingerprint density at radius 3 is 1.76 bits per heavy atom. The molecule has 2 aliphatic heterocycles. The number of amides is 2. The number of benzene rings is 3. The molecule has 2 fully saturated rings. The zero-order chi connectivity index (χ0) is 28.3. The molecule has 3 aromatic rings. The van der Waals surface area contributed by atoms with Crippen molar-refractivity contribution in [3.05, 3.63) is 101 Å². The first-order chi connectivity index (χ1) is 19.9. The molecular formula is C31H28N2O7S. The van der Waals surface area contributed by atoms with Crippen LogP contribution in [0.25, 0.3) is 0 Å². The molecule has 0 unspecified atom stereocenters. The van der Waals surface area contributed by atoms with Crippen LogP contribution in [0.15, 0.2) is 77.7 Å². The summed E-state index contributed by atoms with van der Waals surface area (Å²) in [6.45, 7) is 1.05. The highest BCUT2D eigenvalue weighted by molar-refractivity contribution is 7.89. The Hall–Kier alpha value is -3.86. The van der Waals surface area contributed by atoms with Gasteiger partial charge in [0.2, 0.25) is 21.8 Å². The zero-order valence-electron chi connectivity index (χ0n) is 22.1. The van der Waals surface area contributed by atoms with E-state index in [9.17, 15) is 22.8 Å². The summed E-state index contributed by atoms with van der Waals surface area (Å²) in [5, 5.41) is 0. The second-order valence-corrected chi connectivity index (χ2v) is 12.7. The van der Waals surface area contributed by atoms with Crippen LogP contribution in [-0.2, 0) is 29.1 Å². The molecule has 2 saturated heterocycles. The van der Waals surface area contributed by atoms with Crippen LogP contribution >= 0.6 is 0 Å². The van der Waals surface area contributed by atoms with Crippen molar-refractivity contribution in [3.8, 4) is 0 Å². The van der Waals surface area contributed by atoms with Crippen LogP contribution in [0.2, 0.25) is 0 Å². The van der Waals surface area contributed by atoms with Gasteiger partial charge in [0.25, 0.3) is 0 Å². The van der Waals surface area contributed by atoms with Gasteiger partial charge in [0, 0.05) is 24.9 Å². The van der Waals surface area contributed by atoms with E-state index in [1.54, 1.807) is 0 Å². The van der Waals surface area contributed by atoms with Gasteiger partial charge in [-0.05, 0) is 46.5 Å². The van der Waals surface area contributed by atoms with Crippen LogP contribution in [-0.4, -0.2) is 74.9 Å². The van der Waals surface area contributed by atoms with Crippen molar-refractivity contribution in [3.63, 3.8) is 0 Å². The largest absolute Gasteiger partial charge is 0.460 e. The molecule has 0 radical (unpaired) electrons. The quantitative estimate of drug-likeness (QED) is 0.330. The summed E-state index contributed by atoms with van der Waals surface area (Å²) in [4.78, 5) is 41.4. The lowest BCUT2D eigenvalue weighted by atomic mass is 9.55. The van der Waals surface area contributed by atoms with E-state index >= 15 is 0 Å². The van der Waals surface area contributed by atoms with Gasteiger partial charge in [-0.1, -0.05) is 48.5 Å². The van der Waals surface area contributed by atoms with Crippen LogP contribution in [0.5, 0.6) is 0 Å². The van der Waals surface area contributed by atoms with Gasteiger partial charge in [-0.2, -0.15) is 4.31 Å². The standard InChI is InChI=1S/C31H28N2O7S/c34-29-27-25-21-5-1-2-6-22(21)26(24-8-4-3-7-23(24)25)28(27)30(35)33(29)15-18-40-31(36)19-9-11-20(12-10-19)41(37,38)32-13-16-39-17-14-32/h1-12,25-28H,13-18H2/t25?,26?,27-,28-/m1/s1. The van der Waals surface area contributed by atoms with E-state index in [1.807, 2.05) is 24.3 Å². The Morgan fingerprint density at radius 1 is 0.780 bits per heavy atom. The summed E-state index contributed by atoms with van der Waals surface area (Å²) in [5.74, 6) is -2.44. The lowest BCUT2D eigenvalue weighted by Gasteiger charge is -2.45. The molecule has 3 aliphatic carbocycles. The number of esters is 1. The summed E-state index contributed by atoms with van der Waals surface area (Å²) in [5.41, 5.74) is 4.59. The van der Waals surface area contributed by atoms with Crippen LogP contribution in [0.4, 0.5) is 0 Å². The van der Waals surface area contributed by atoms with Gasteiger partial charge in [0.15, 0.2) is 0 Å². The molecule has 0 spiro atoms. The average Bonchev–Trinajstić information content (AvgIpc) is 3.27. The van der Waals surface area contributed by atoms with E-state index in [4.69, 9.17) is 9.47 Å². The summed E-state index contributed by atoms with van der Waals surface area (Å²) in [6.07, 6.45) is 0. The molecule has 2 amide bonds. The first-order valence-corrected chi connectivity index (χ1v) is 15.2. The van der Waals surface area contributed by atoms with Crippen molar-refractivity contribution >= 4 is 27.8 Å². The highest BCUT2D eigenvalue weighted by atomic mass is 32.2. The Bertz CT molecular complexity index is 1550. The van der Waals surface area contributed by atoms with Crippen LogP contribution in [0.3, 0.4) is 0 Å². The minimum atomic E-state index is -3.68. The third-order valence-electron chi connectivity index (χ3n) is 8.79. The number of likely N-dealkylation sites (tertiary alicyclic amines) is 1. The molecule has 8 rings (SSSR count). The Labute approximate surface area is 237 Å². The van der Waals surface area contributed by atoms with E-state index in [-0.39, 0.29) is 60.4 Å². The van der Waals surface area contributed by atoms with E-state index in [0.717, 1.165) is 22.3 Å². The minimum Gasteiger partial charge on any atom is -0.460 e. The second kappa shape index (κ2) is 9.90. The number of rotatable bonds is 6. The third kappa shape index (κ3) is 4.04. The fourth-order valence-corrected chi connectivity index (χ4v) is 8.38. The maximum absolute atomic E-state index is 13.7. The first-order valence-electron chi connectivity index (χ1n) is 13.8. The lowest BCUT2D eigenvalue weighted by molar-refractivity contribution is -0.140. The maximum atomic E-state index is 13.7. The summed E-state index contributed by atoms with van der Waals surface area (Å²) in [6, 6.07) is 21.7. The topological polar surface area (TPSA) is 110 Å². The predicted molar refractivity (Wildman–Crippen MR) is 147 cm³/mol.